The lowest BCUT2D eigenvalue weighted by Gasteiger charge is -2.23. The average molecular weight is 254 g/mol. The van der Waals surface area contributed by atoms with Crippen molar-refractivity contribution in [2.45, 2.75) is 33.0 Å². The Kier molecular flexibility index (Phi) is 3.72. The van der Waals surface area contributed by atoms with Crippen molar-refractivity contribution < 1.29 is 0 Å². The molecular formula is C17H22Si. The molecule has 0 aliphatic heterocycles. The van der Waals surface area contributed by atoms with E-state index in [2.05, 4.69) is 75.5 Å². The standard InChI is InChI=1S/C17H22Si/c1-14(2)12-13-18(3,4)17-11-7-9-15-8-5-6-10-16(15)17/h5-12H,13H2,1-4H3. The van der Waals surface area contributed by atoms with Crippen molar-refractivity contribution in [3.05, 3.63) is 54.1 Å². The highest BCUT2D eigenvalue weighted by atomic mass is 28.3. The Balaban J connectivity index is 2.50. The van der Waals surface area contributed by atoms with Gasteiger partial charge in [-0.05, 0) is 30.7 Å². The topological polar surface area (TPSA) is 0 Å². The summed E-state index contributed by atoms with van der Waals surface area (Å²) in [6.45, 7) is 9.31. The molecule has 0 N–H and O–H groups in total. The number of allylic oxidation sites excluding steroid dienone is 2. The van der Waals surface area contributed by atoms with Crippen molar-refractivity contribution in [3.63, 3.8) is 0 Å². The second-order valence-corrected chi connectivity index (χ2v) is 10.6. The minimum atomic E-state index is -1.38. The number of rotatable bonds is 3. The first-order chi connectivity index (χ1) is 8.50. The van der Waals surface area contributed by atoms with Crippen LogP contribution in [0.4, 0.5) is 0 Å². The van der Waals surface area contributed by atoms with Crippen LogP contribution in [0.15, 0.2) is 54.1 Å². The van der Waals surface area contributed by atoms with E-state index in [-0.39, 0.29) is 0 Å². The molecule has 0 bridgehead atoms. The molecule has 0 fully saturated rings. The fourth-order valence-electron chi connectivity index (χ4n) is 2.38. The van der Waals surface area contributed by atoms with E-state index in [0.29, 0.717) is 0 Å². The normalized spacial score (nSPS) is 11.6. The van der Waals surface area contributed by atoms with Crippen molar-refractivity contribution >= 4 is 24.0 Å². The van der Waals surface area contributed by atoms with Gasteiger partial charge in [-0.1, -0.05) is 72.4 Å². The van der Waals surface area contributed by atoms with Gasteiger partial charge in [-0.15, -0.1) is 0 Å². The summed E-state index contributed by atoms with van der Waals surface area (Å²) in [5.41, 5.74) is 1.43. The van der Waals surface area contributed by atoms with Crippen LogP contribution in [-0.4, -0.2) is 8.07 Å². The Morgan fingerprint density at radius 1 is 1.00 bits per heavy atom. The highest BCUT2D eigenvalue weighted by molar-refractivity contribution is 6.91. The van der Waals surface area contributed by atoms with Crippen LogP contribution in [0.2, 0.25) is 19.1 Å². The smallest absolute Gasteiger partial charge is 0.0851 e. The lowest BCUT2D eigenvalue weighted by molar-refractivity contribution is 1.34. The molecule has 0 saturated carbocycles. The predicted octanol–water partition coefficient (Wildman–Crippen LogP) is 4.72. The van der Waals surface area contributed by atoms with Gasteiger partial charge >= 0.3 is 0 Å². The third kappa shape index (κ3) is 2.73. The monoisotopic (exact) mass is 254 g/mol. The van der Waals surface area contributed by atoms with E-state index in [9.17, 15) is 0 Å². The van der Waals surface area contributed by atoms with Gasteiger partial charge in [0.2, 0.25) is 0 Å². The molecule has 0 aromatic heterocycles. The van der Waals surface area contributed by atoms with Gasteiger partial charge in [0, 0.05) is 0 Å². The van der Waals surface area contributed by atoms with Crippen LogP contribution >= 0.6 is 0 Å². The summed E-state index contributed by atoms with van der Waals surface area (Å²) in [6.07, 6.45) is 2.40. The van der Waals surface area contributed by atoms with Gasteiger partial charge in [0.1, 0.15) is 0 Å². The Labute approximate surface area is 111 Å². The highest BCUT2D eigenvalue weighted by Crippen LogP contribution is 2.19. The molecular weight excluding hydrogens is 232 g/mol. The molecule has 18 heavy (non-hydrogen) atoms. The Morgan fingerprint density at radius 3 is 2.39 bits per heavy atom. The summed E-state index contributed by atoms with van der Waals surface area (Å²) in [6, 6.07) is 16.7. The summed E-state index contributed by atoms with van der Waals surface area (Å²) in [5.74, 6) is 0. The predicted molar refractivity (Wildman–Crippen MR) is 85.3 cm³/mol. The van der Waals surface area contributed by atoms with Crippen molar-refractivity contribution in [3.8, 4) is 0 Å². The molecule has 1 heteroatoms. The fraction of sp³-hybridized carbons (Fsp3) is 0.294. The molecule has 0 aliphatic rings. The molecule has 2 rings (SSSR count). The van der Waals surface area contributed by atoms with Crippen LogP contribution in [0.25, 0.3) is 10.8 Å². The quantitative estimate of drug-likeness (QED) is 0.549. The molecule has 0 atom stereocenters. The molecule has 0 nitrogen and oxygen atoms in total. The molecule has 0 amide bonds. The lowest BCUT2D eigenvalue weighted by atomic mass is 10.1. The minimum Gasteiger partial charge on any atom is -0.0882 e. The second-order valence-electron chi connectivity index (χ2n) is 5.90. The van der Waals surface area contributed by atoms with E-state index in [1.54, 1.807) is 5.19 Å². The van der Waals surface area contributed by atoms with Crippen LogP contribution in [0.5, 0.6) is 0 Å². The number of fused-ring (bicyclic) bond motifs is 1. The van der Waals surface area contributed by atoms with Crippen LogP contribution in [0, 0.1) is 0 Å². The highest BCUT2D eigenvalue weighted by Gasteiger charge is 2.23. The Bertz CT molecular complexity index is 570. The van der Waals surface area contributed by atoms with Gasteiger partial charge in [0.05, 0.1) is 8.07 Å². The molecule has 0 saturated heterocycles. The number of hydrogen-bond donors (Lipinski definition) is 0. The van der Waals surface area contributed by atoms with E-state index in [0.717, 1.165) is 0 Å². The maximum absolute atomic E-state index is 2.47. The van der Waals surface area contributed by atoms with Crippen molar-refractivity contribution in [2.75, 3.05) is 0 Å². The Morgan fingerprint density at radius 2 is 1.67 bits per heavy atom. The maximum Gasteiger partial charge on any atom is 0.0851 e. The molecule has 0 heterocycles. The largest absolute Gasteiger partial charge is 0.0882 e. The molecule has 0 spiro atoms. The fourth-order valence-corrected chi connectivity index (χ4v) is 5.03. The van der Waals surface area contributed by atoms with Crippen LogP contribution in [0.1, 0.15) is 13.8 Å². The van der Waals surface area contributed by atoms with Crippen molar-refractivity contribution in [2.24, 2.45) is 0 Å². The lowest BCUT2D eigenvalue weighted by Crippen LogP contribution is -2.41. The number of benzene rings is 2. The molecule has 2 aromatic carbocycles. The zero-order valence-corrected chi connectivity index (χ0v) is 12.8. The summed E-state index contributed by atoms with van der Waals surface area (Å²) < 4.78 is 0. The first-order valence-corrected chi connectivity index (χ1v) is 9.83. The van der Waals surface area contributed by atoms with Crippen LogP contribution in [-0.2, 0) is 0 Å². The van der Waals surface area contributed by atoms with E-state index in [1.807, 2.05) is 0 Å². The third-order valence-electron chi connectivity index (χ3n) is 3.54. The van der Waals surface area contributed by atoms with E-state index in [4.69, 9.17) is 0 Å². The van der Waals surface area contributed by atoms with Gasteiger partial charge in [0.15, 0.2) is 0 Å². The van der Waals surface area contributed by atoms with Crippen molar-refractivity contribution in [1.82, 2.24) is 0 Å². The SMILES string of the molecule is CC(C)=CC[Si](C)(C)c1cccc2ccccc12. The van der Waals surface area contributed by atoms with Crippen LogP contribution in [0.3, 0.4) is 0 Å². The zero-order valence-electron chi connectivity index (χ0n) is 11.8. The molecule has 94 valence electrons. The van der Waals surface area contributed by atoms with Crippen molar-refractivity contribution in [1.29, 1.82) is 0 Å². The third-order valence-corrected chi connectivity index (χ3v) is 6.66. The van der Waals surface area contributed by atoms with Crippen LogP contribution < -0.4 is 5.19 Å². The maximum atomic E-state index is 2.47. The van der Waals surface area contributed by atoms with Gasteiger partial charge in [-0.3, -0.25) is 0 Å². The molecule has 2 aromatic rings. The average Bonchev–Trinajstić information content (AvgIpc) is 2.36. The first-order valence-electron chi connectivity index (χ1n) is 6.62. The van der Waals surface area contributed by atoms with Gasteiger partial charge in [-0.25, -0.2) is 0 Å². The molecule has 0 radical (unpaired) electrons. The summed E-state index contributed by atoms with van der Waals surface area (Å²) in [4.78, 5) is 0. The summed E-state index contributed by atoms with van der Waals surface area (Å²) in [7, 11) is -1.38. The summed E-state index contributed by atoms with van der Waals surface area (Å²) in [5, 5.41) is 4.39. The van der Waals surface area contributed by atoms with Gasteiger partial charge in [-0.2, -0.15) is 0 Å². The van der Waals surface area contributed by atoms with Gasteiger partial charge in [0.25, 0.3) is 0 Å². The molecule has 0 aliphatic carbocycles. The zero-order chi connectivity index (χ0) is 13.2. The Hall–Kier alpha value is -1.34. The van der Waals surface area contributed by atoms with E-state index < -0.39 is 8.07 Å². The van der Waals surface area contributed by atoms with E-state index in [1.165, 1.54) is 22.4 Å². The van der Waals surface area contributed by atoms with E-state index >= 15 is 0 Å². The number of hydrogen-bond acceptors (Lipinski definition) is 0. The molecule has 0 unspecified atom stereocenters. The van der Waals surface area contributed by atoms with Gasteiger partial charge < -0.3 is 0 Å². The second kappa shape index (κ2) is 5.11. The summed E-state index contributed by atoms with van der Waals surface area (Å²) >= 11 is 0. The first kappa shape index (κ1) is 13.1. The minimum absolute atomic E-state index is 1.23.